The number of halogens is 2. The molecule has 0 saturated carbocycles. The van der Waals surface area contributed by atoms with Crippen LogP contribution in [0.1, 0.15) is 117 Å². The Morgan fingerprint density at radius 3 is 1.66 bits per heavy atom. The van der Waals surface area contributed by atoms with Crippen LogP contribution in [0.5, 0.6) is 0 Å². The Morgan fingerprint density at radius 1 is 0.625 bits per heavy atom. The first kappa shape index (κ1) is 43.5. The molecule has 0 saturated heterocycles. The maximum absolute atomic E-state index is 3.65. The van der Waals surface area contributed by atoms with Crippen LogP contribution in [0.4, 0.5) is 0 Å². The van der Waals surface area contributed by atoms with Crippen LogP contribution in [-0.4, -0.2) is 3.21 Å². The second kappa shape index (κ2) is 17.1. The molecule has 0 bridgehead atoms. The van der Waals surface area contributed by atoms with Gasteiger partial charge in [-0.05, 0) is 58.4 Å². The molecule has 9 rings (SSSR count). The van der Waals surface area contributed by atoms with Gasteiger partial charge in [0.1, 0.15) is 0 Å². The van der Waals surface area contributed by atoms with Crippen molar-refractivity contribution in [3.63, 3.8) is 0 Å². The maximum atomic E-state index is 3.65. The predicted molar refractivity (Wildman–Crippen MR) is 228 cm³/mol. The zero-order valence-corrected chi connectivity index (χ0v) is 38.5. The van der Waals surface area contributed by atoms with Gasteiger partial charge in [-0.25, -0.2) is 11.1 Å². The molecule has 0 radical (unpaired) electrons. The Bertz CT molecular complexity index is 2270. The molecule has 0 amide bonds. The van der Waals surface area contributed by atoms with E-state index in [1.807, 2.05) is 6.07 Å². The van der Waals surface area contributed by atoms with E-state index in [0.29, 0.717) is 5.92 Å². The fraction of sp³-hybridized carbons (Fsp3) is 0.264. The molecule has 4 aliphatic carbocycles. The van der Waals surface area contributed by atoms with Crippen LogP contribution in [0.25, 0.3) is 27.8 Å². The molecular formula is C53H52Cl2Zr-2. The van der Waals surface area contributed by atoms with E-state index in [0.717, 1.165) is 6.42 Å². The molecule has 56 heavy (non-hydrogen) atoms. The molecule has 5 aromatic rings. The average molecular weight is 851 g/mol. The standard InChI is InChI=1S/C25H25.C15H14.C13H13.2ClH.Zr/c1-14-12-24(3,4)22-8-16-7-17-9-23-19(15(2)13-25(23,5)6)11-21(17)20(16)10-18(14)22;1-12-3-7-14(8-4-12)11-15-9-5-13(2)6-10-15;1-10-8-11(2)13(9-10)12-6-4-3-5-7-12;;;/h8-12H,7H2,1-6H3;3-10H,1-2H3;3-7,9-10H,1-2H3;2*1H;/q-1;;-1;;;+2/p-2. The molecule has 5 aromatic carbocycles. The van der Waals surface area contributed by atoms with E-state index in [2.05, 4.69) is 191 Å². The molecule has 0 nitrogen and oxygen atoms in total. The molecule has 0 aromatic heterocycles. The Hall–Kier alpha value is -3.61. The minimum Gasteiger partial charge on any atom is -1.00 e. The van der Waals surface area contributed by atoms with Crippen LogP contribution >= 0.6 is 0 Å². The molecular weight excluding hydrogens is 799 g/mol. The van der Waals surface area contributed by atoms with Gasteiger partial charge in [-0.3, -0.25) is 12.2 Å². The monoisotopic (exact) mass is 848 g/mol. The molecule has 0 spiro atoms. The number of rotatable bonds is 3. The van der Waals surface area contributed by atoms with Gasteiger partial charge in [0.05, 0.1) is 0 Å². The fourth-order valence-corrected chi connectivity index (χ4v) is 9.47. The van der Waals surface area contributed by atoms with Gasteiger partial charge in [0, 0.05) is 5.41 Å². The molecule has 284 valence electrons. The molecule has 0 aliphatic heterocycles. The number of aryl methyl sites for hydroxylation is 2. The summed E-state index contributed by atoms with van der Waals surface area (Å²) in [5, 5.41) is 0. The summed E-state index contributed by atoms with van der Waals surface area (Å²) < 4.78 is 1.42. The quantitative estimate of drug-likeness (QED) is 0.164. The average Bonchev–Trinajstić information content (AvgIpc) is 3.81. The Kier molecular flexibility index (Phi) is 13.3. The van der Waals surface area contributed by atoms with Crippen LogP contribution in [0.2, 0.25) is 0 Å². The molecule has 1 unspecified atom stereocenters. The van der Waals surface area contributed by atoms with Crippen molar-refractivity contribution in [2.45, 2.75) is 86.5 Å². The number of allylic oxidation sites excluding steroid dienone is 8. The summed E-state index contributed by atoms with van der Waals surface area (Å²) in [6.45, 7) is 22.2. The third-order valence-corrected chi connectivity index (χ3v) is 12.9. The van der Waals surface area contributed by atoms with Gasteiger partial charge in [0.15, 0.2) is 0 Å². The largest absolute Gasteiger partial charge is 1.00 e. The maximum Gasteiger partial charge on any atom is -1.00 e. The number of hydrogen-bond donors (Lipinski definition) is 0. The zero-order valence-electron chi connectivity index (χ0n) is 34.5. The second-order valence-electron chi connectivity index (χ2n) is 16.8. The summed E-state index contributed by atoms with van der Waals surface area (Å²) >= 11 is 1.46. The van der Waals surface area contributed by atoms with Crippen LogP contribution in [-0.2, 0) is 41.5 Å². The van der Waals surface area contributed by atoms with Crippen molar-refractivity contribution in [3.8, 4) is 11.1 Å². The first-order valence-electron chi connectivity index (χ1n) is 19.4. The van der Waals surface area contributed by atoms with Crippen LogP contribution < -0.4 is 24.8 Å². The van der Waals surface area contributed by atoms with Gasteiger partial charge in [-0.2, -0.15) is 17.2 Å². The van der Waals surface area contributed by atoms with Gasteiger partial charge >= 0.3 is 112 Å². The molecule has 0 heterocycles. The topological polar surface area (TPSA) is 0 Å². The predicted octanol–water partition coefficient (Wildman–Crippen LogP) is 7.35. The first-order valence-corrected chi connectivity index (χ1v) is 20.6. The van der Waals surface area contributed by atoms with E-state index < -0.39 is 0 Å². The summed E-state index contributed by atoms with van der Waals surface area (Å²) in [5.74, 6) is 0.468. The van der Waals surface area contributed by atoms with Crippen molar-refractivity contribution in [2.75, 3.05) is 0 Å². The van der Waals surface area contributed by atoms with Crippen molar-refractivity contribution < 1.29 is 49.0 Å². The molecule has 4 aliphatic rings. The van der Waals surface area contributed by atoms with E-state index in [9.17, 15) is 0 Å². The van der Waals surface area contributed by atoms with Crippen LogP contribution in [0.15, 0.2) is 121 Å². The summed E-state index contributed by atoms with van der Waals surface area (Å²) in [6, 6.07) is 37.8. The molecule has 0 N–H and O–H groups in total. The van der Waals surface area contributed by atoms with E-state index in [-0.39, 0.29) is 35.6 Å². The third kappa shape index (κ3) is 8.77. The Labute approximate surface area is 364 Å². The molecule has 3 heteroatoms. The van der Waals surface area contributed by atoms with Gasteiger partial charge < -0.3 is 24.8 Å². The Morgan fingerprint density at radius 2 is 1.14 bits per heavy atom. The summed E-state index contributed by atoms with van der Waals surface area (Å²) in [7, 11) is 0. The zero-order chi connectivity index (χ0) is 38.5. The first-order chi connectivity index (χ1) is 25.6. The smallest absolute Gasteiger partial charge is 1.00 e. The van der Waals surface area contributed by atoms with Crippen molar-refractivity contribution in [3.05, 3.63) is 194 Å². The van der Waals surface area contributed by atoms with E-state index in [4.69, 9.17) is 0 Å². The third-order valence-electron chi connectivity index (χ3n) is 11.5. The SMILES string of the molecule is CC1=[C-]C(C)(C)c2cc3c(cc21)-c1cc2c(cc1C3)C(C)(C)C=C2C.CC1=[C-]C(C)C=C1c1ccccc1.Cc1ccc([C](=[Zr+2])c2ccc(C)cc2)cc1.[Cl-].[Cl-]. The fourth-order valence-electron chi connectivity index (χ4n) is 8.65. The Balaban J connectivity index is 0.000000169. The minimum atomic E-state index is 0. The number of fused-ring (bicyclic) bond motifs is 5. The van der Waals surface area contributed by atoms with Crippen LogP contribution in [0, 0.1) is 31.9 Å². The summed E-state index contributed by atoms with van der Waals surface area (Å²) in [6.07, 6.45) is 12.8. The minimum absolute atomic E-state index is 0. The second-order valence-corrected chi connectivity index (χ2v) is 18.1. The van der Waals surface area contributed by atoms with Crippen molar-refractivity contribution >= 4 is 19.9 Å². The van der Waals surface area contributed by atoms with Gasteiger partial charge in [0.2, 0.25) is 0 Å². The van der Waals surface area contributed by atoms with Gasteiger partial charge in [-0.1, -0.05) is 108 Å². The van der Waals surface area contributed by atoms with Crippen molar-refractivity contribution in [2.24, 2.45) is 5.92 Å². The van der Waals surface area contributed by atoms with E-state index in [1.165, 1.54) is 122 Å². The number of hydrogen-bond acceptors (Lipinski definition) is 0. The van der Waals surface area contributed by atoms with E-state index >= 15 is 0 Å². The van der Waals surface area contributed by atoms with E-state index in [1.54, 1.807) is 0 Å². The normalized spacial score (nSPS) is 17.0. The van der Waals surface area contributed by atoms with Crippen molar-refractivity contribution in [1.82, 2.24) is 0 Å². The van der Waals surface area contributed by atoms with Gasteiger partial charge in [0.25, 0.3) is 0 Å². The summed E-state index contributed by atoms with van der Waals surface area (Å²) in [4.78, 5) is 0. The molecule has 0 fully saturated rings. The van der Waals surface area contributed by atoms with Gasteiger partial charge in [-0.15, -0.1) is 17.2 Å². The van der Waals surface area contributed by atoms with Crippen LogP contribution in [0.3, 0.4) is 0 Å². The number of benzene rings is 5. The summed E-state index contributed by atoms with van der Waals surface area (Å²) in [5.41, 5.74) is 23.8. The van der Waals surface area contributed by atoms with Crippen molar-refractivity contribution in [1.29, 1.82) is 0 Å². The molecule has 1 atom stereocenters.